The van der Waals surface area contributed by atoms with Crippen LogP contribution in [-0.4, -0.2) is 54.1 Å². The van der Waals surface area contributed by atoms with Gasteiger partial charge in [0.2, 0.25) is 0 Å². The van der Waals surface area contributed by atoms with Gasteiger partial charge in [-0.3, -0.25) is 9.89 Å². The minimum absolute atomic E-state index is 0.00811. The maximum Gasteiger partial charge on any atom is 0.198 e. The molecule has 6 heteroatoms. The van der Waals surface area contributed by atoms with Gasteiger partial charge in [-0.1, -0.05) is 12.1 Å². The van der Waals surface area contributed by atoms with Gasteiger partial charge in [0.1, 0.15) is 5.82 Å². The van der Waals surface area contributed by atoms with Crippen molar-refractivity contribution in [1.29, 1.82) is 0 Å². The second-order valence-electron chi connectivity index (χ2n) is 7.41. The van der Waals surface area contributed by atoms with E-state index in [-0.39, 0.29) is 11.7 Å². The van der Waals surface area contributed by atoms with E-state index in [0.29, 0.717) is 11.1 Å². The Morgan fingerprint density at radius 1 is 1.10 bits per heavy atom. The molecule has 2 aromatic carbocycles. The zero-order chi connectivity index (χ0) is 20.1. The average Bonchev–Trinajstić information content (AvgIpc) is 3.05. The van der Waals surface area contributed by atoms with Gasteiger partial charge >= 0.3 is 0 Å². The third-order valence-electron chi connectivity index (χ3n) is 5.35. The van der Waals surface area contributed by atoms with Crippen molar-refractivity contribution in [2.24, 2.45) is 4.99 Å². The number of aromatic nitrogens is 1. The smallest absolute Gasteiger partial charge is 0.198 e. The number of benzene rings is 2. The van der Waals surface area contributed by atoms with Gasteiger partial charge in [0, 0.05) is 24.7 Å². The molecule has 29 heavy (non-hydrogen) atoms. The number of hydrogen-bond acceptors (Lipinski definition) is 4. The molecule has 0 unspecified atom stereocenters. The van der Waals surface area contributed by atoms with E-state index in [0.717, 1.165) is 50.3 Å². The van der Waals surface area contributed by atoms with Gasteiger partial charge in [-0.15, -0.1) is 0 Å². The molecule has 0 saturated carbocycles. The fourth-order valence-corrected chi connectivity index (χ4v) is 3.68. The van der Waals surface area contributed by atoms with Gasteiger partial charge in [-0.05, 0) is 61.7 Å². The van der Waals surface area contributed by atoms with Crippen molar-refractivity contribution in [3.05, 3.63) is 59.4 Å². The van der Waals surface area contributed by atoms with E-state index < -0.39 is 0 Å². The highest BCUT2D eigenvalue weighted by Crippen LogP contribution is 2.27. The molecule has 0 amide bonds. The molecule has 0 bridgehead atoms. The number of morpholine rings is 1. The maximum absolute atomic E-state index is 13.3. The Balaban J connectivity index is 1.32. The SMILES string of the molecule is Oc1[nH]c2cc(F)ccc2c1C=Nc1ccc(CCCCN2CCOCC2)cc1. The molecule has 1 aromatic heterocycles. The van der Waals surface area contributed by atoms with Crippen LogP contribution in [0.2, 0.25) is 0 Å². The minimum Gasteiger partial charge on any atom is -0.494 e. The summed E-state index contributed by atoms with van der Waals surface area (Å²) in [5, 5.41) is 10.8. The summed E-state index contributed by atoms with van der Waals surface area (Å²) in [7, 11) is 0. The van der Waals surface area contributed by atoms with Crippen molar-refractivity contribution in [2.45, 2.75) is 19.3 Å². The summed E-state index contributed by atoms with van der Waals surface area (Å²) in [6.45, 7) is 4.95. The number of unbranched alkanes of at least 4 members (excludes halogenated alkanes) is 1. The Labute approximate surface area is 169 Å². The Bertz CT molecular complexity index is 976. The molecule has 0 radical (unpaired) electrons. The molecule has 0 aliphatic carbocycles. The summed E-state index contributed by atoms with van der Waals surface area (Å²) in [5.41, 5.74) is 3.23. The summed E-state index contributed by atoms with van der Waals surface area (Å²) in [6, 6.07) is 12.6. The number of aromatic amines is 1. The highest BCUT2D eigenvalue weighted by molar-refractivity contribution is 6.02. The zero-order valence-electron chi connectivity index (χ0n) is 16.4. The molecule has 1 aliphatic heterocycles. The number of halogens is 1. The standard InChI is InChI=1S/C23H26FN3O2/c24-18-6-9-20-21(23(28)26-22(20)15-18)16-25-19-7-4-17(5-8-19)3-1-2-10-27-11-13-29-14-12-27/h4-9,15-16,26,28H,1-3,10-14H2. The fourth-order valence-electron chi connectivity index (χ4n) is 3.68. The van der Waals surface area contributed by atoms with Gasteiger partial charge in [0.25, 0.3) is 0 Å². The minimum atomic E-state index is -0.345. The van der Waals surface area contributed by atoms with E-state index >= 15 is 0 Å². The van der Waals surface area contributed by atoms with Gasteiger partial charge < -0.3 is 14.8 Å². The Hall–Kier alpha value is -2.70. The highest BCUT2D eigenvalue weighted by Gasteiger charge is 2.10. The lowest BCUT2D eigenvalue weighted by molar-refractivity contribution is 0.0372. The topological polar surface area (TPSA) is 60.8 Å². The number of rotatable bonds is 7. The number of aromatic hydroxyl groups is 1. The van der Waals surface area contributed by atoms with Crippen LogP contribution in [0.5, 0.6) is 5.88 Å². The van der Waals surface area contributed by atoms with Crippen molar-refractivity contribution in [1.82, 2.24) is 9.88 Å². The molecule has 2 N–H and O–H groups in total. The third kappa shape index (κ3) is 5.02. The maximum atomic E-state index is 13.3. The first kappa shape index (κ1) is 19.6. The lowest BCUT2D eigenvalue weighted by Crippen LogP contribution is -2.36. The predicted molar refractivity (Wildman–Crippen MR) is 114 cm³/mol. The molecule has 3 aromatic rings. The van der Waals surface area contributed by atoms with Crippen LogP contribution < -0.4 is 0 Å². The first-order chi connectivity index (χ1) is 14.2. The third-order valence-corrected chi connectivity index (χ3v) is 5.35. The Kier molecular flexibility index (Phi) is 6.22. The summed E-state index contributed by atoms with van der Waals surface area (Å²) in [5.74, 6) is -0.353. The van der Waals surface area contributed by atoms with E-state index in [1.807, 2.05) is 12.1 Å². The summed E-state index contributed by atoms with van der Waals surface area (Å²) >= 11 is 0. The van der Waals surface area contributed by atoms with Crippen LogP contribution in [0.25, 0.3) is 10.9 Å². The number of nitrogens with one attached hydrogen (secondary N) is 1. The van der Waals surface area contributed by atoms with E-state index in [4.69, 9.17) is 4.74 Å². The molecule has 4 rings (SSSR count). The first-order valence-corrected chi connectivity index (χ1v) is 10.1. The summed E-state index contributed by atoms with van der Waals surface area (Å²) < 4.78 is 18.7. The van der Waals surface area contributed by atoms with Crippen molar-refractivity contribution < 1.29 is 14.2 Å². The molecular weight excluding hydrogens is 369 g/mol. The molecule has 1 fully saturated rings. The zero-order valence-corrected chi connectivity index (χ0v) is 16.4. The molecule has 5 nitrogen and oxygen atoms in total. The van der Waals surface area contributed by atoms with Crippen LogP contribution in [0.3, 0.4) is 0 Å². The van der Waals surface area contributed by atoms with E-state index in [1.165, 1.54) is 30.5 Å². The van der Waals surface area contributed by atoms with E-state index in [1.54, 1.807) is 12.3 Å². The second kappa shape index (κ2) is 9.20. The van der Waals surface area contributed by atoms with Crippen LogP contribution in [0.15, 0.2) is 47.5 Å². The van der Waals surface area contributed by atoms with Gasteiger partial charge in [-0.25, -0.2) is 4.39 Å². The van der Waals surface area contributed by atoms with Crippen LogP contribution in [0.1, 0.15) is 24.0 Å². The number of hydrogen-bond donors (Lipinski definition) is 2. The molecule has 0 atom stereocenters. The van der Waals surface area contributed by atoms with Gasteiger partial charge in [0.15, 0.2) is 5.88 Å². The van der Waals surface area contributed by atoms with Gasteiger partial charge in [0.05, 0.1) is 30.0 Å². The molecule has 1 aliphatic rings. The molecule has 1 saturated heterocycles. The van der Waals surface area contributed by atoms with Crippen molar-refractivity contribution in [2.75, 3.05) is 32.8 Å². The number of fused-ring (bicyclic) bond motifs is 1. The summed E-state index contributed by atoms with van der Waals surface area (Å²) in [4.78, 5) is 9.71. The molecule has 152 valence electrons. The Morgan fingerprint density at radius 2 is 1.90 bits per heavy atom. The predicted octanol–water partition coefficient (Wildman–Crippen LogP) is 4.42. The van der Waals surface area contributed by atoms with Crippen molar-refractivity contribution >= 4 is 22.8 Å². The van der Waals surface area contributed by atoms with E-state index in [2.05, 4.69) is 27.0 Å². The molecule has 0 spiro atoms. The summed E-state index contributed by atoms with van der Waals surface area (Å²) in [6.07, 6.45) is 5.03. The van der Waals surface area contributed by atoms with Crippen molar-refractivity contribution in [3.63, 3.8) is 0 Å². The van der Waals surface area contributed by atoms with Crippen LogP contribution >= 0.6 is 0 Å². The molecular formula is C23H26FN3O2. The normalized spacial score (nSPS) is 15.5. The number of nitrogens with zero attached hydrogens (tertiary/aromatic N) is 2. The highest BCUT2D eigenvalue weighted by atomic mass is 19.1. The Morgan fingerprint density at radius 3 is 2.69 bits per heavy atom. The number of aryl methyl sites for hydroxylation is 1. The average molecular weight is 395 g/mol. The fraction of sp³-hybridized carbons (Fsp3) is 0.348. The van der Waals surface area contributed by atoms with E-state index in [9.17, 15) is 9.50 Å². The van der Waals surface area contributed by atoms with Crippen LogP contribution in [0, 0.1) is 5.82 Å². The number of aliphatic imine (C=N–C) groups is 1. The van der Waals surface area contributed by atoms with Crippen molar-refractivity contribution in [3.8, 4) is 5.88 Å². The lowest BCUT2D eigenvalue weighted by atomic mass is 10.1. The molecule has 2 heterocycles. The lowest BCUT2D eigenvalue weighted by Gasteiger charge is -2.26. The number of H-pyrrole nitrogens is 1. The largest absolute Gasteiger partial charge is 0.494 e. The number of ether oxygens (including phenoxy) is 1. The monoisotopic (exact) mass is 395 g/mol. The second-order valence-corrected chi connectivity index (χ2v) is 7.41. The van der Waals surface area contributed by atoms with Crippen LogP contribution in [-0.2, 0) is 11.2 Å². The first-order valence-electron chi connectivity index (χ1n) is 10.1. The van der Waals surface area contributed by atoms with Gasteiger partial charge in [-0.2, -0.15) is 0 Å². The van der Waals surface area contributed by atoms with Crippen LogP contribution in [0.4, 0.5) is 10.1 Å². The quantitative estimate of drug-likeness (QED) is 0.460.